The molecular formula is C78H115N17O26. The molecule has 3 aromatic rings. The lowest BCUT2D eigenvalue weighted by molar-refractivity contribution is -0.144. The lowest BCUT2D eigenvalue weighted by atomic mass is 9.94. The van der Waals surface area contributed by atoms with Crippen molar-refractivity contribution in [1.82, 2.24) is 79.3 Å². The molecule has 668 valence electrons. The van der Waals surface area contributed by atoms with E-state index in [1.807, 2.05) is 0 Å². The number of nitrogens with zero attached hydrogens (tertiary/aromatic N) is 1. The van der Waals surface area contributed by atoms with Crippen molar-refractivity contribution in [3.63, 3.8) is 0 Å². The number of carbonyl (C=O) groups is 17. The summed E-state index contributed by atoms with van der Waals surface area (Å²) in [5.74, 6) is -21.1. The summed E-state index contributed by atoms with van der Waals surface area (Å²) in [5.41, 5.74) is 12.1. The van der Waals surface area contributed by atoms with Crippen molar-refractivity contribution < 1.29 is 127 Å². The first-order chi connectivity index (χ1) is 57.2. The van der Waals surface area contributed by atoms with Crippen LogP contribution in [0.3, 0.4) is 0 Å². The number of aromatic hydroxyl groups is 3. The van der Waals surface area contributed by atoms with E-state index < -0.39 is 262 Å². The van der Waals surface area contributed by atoms with Crippen LogP contribution in [0.4, 0.5) is 0 Å². The summed E-state index contributed by atoms with van der Waals surface area (Å²) in [5, 5.41) is 124. The predicted molar refractivity (Wildman–Crippen MR) is 428 cm³/mol. The quantitative estimate of drug-likeness (QED) is 0.0234. The molecule has 0 bridgehead atoms. The van der Waals surface area contributed by atoms with E-state index in [4.69, 9.17) is 16.6 Å². The Morgan fingerprint density at radius 2 is 0.818 bits per heavy atom. The van der Waals surface area contributed by atoms with E-state index in [0.717, 1.165) is 11.8 Å². The summed E-state index contributed by atoms with van der Waals surface area (Å²) in [6, 6.07) is -5.10. The third kappa shape index (κ3) is 33.5. The molecule has 0 radical (unpaired) electrons. The first-order valence-electron chi connectivity index (χ1n) is 39.4. The third-order valence-electron chi connectivity index (χ3n) is 19.8. The maximum atomic E-state index is 15.1. The monoisotopic (exact) mass is 1710 g/mol. The van der Waals surface area contributed by atoms with Gasteiger partial charge in [0.25, 0.3) is 0 Å². The molecule has 3 aromatic carbocycles. The molecule has 1 fully saturated rings. The summed E-state index contributed by atoms with van der Waals surface area (Å²) >= 11 is 0. The van der Waals surface area contributed by atoms with Gasteiger partial charge in [-0.15, -0.1) is 0 Å². The van der Waals surface area contributed by atoms with Crippen LogP contribution in [0.1, 0.15) is 117 Å². The van der Waals surface area contributed by atoms with E-state index in [1.165, 1.54) is 86.6 Å². The van der Waals surface area contributed by atoms with Crippen LogP contribution in [0.25, 0.3) is 0 Å². The maximum Gasteiger partial charge on any atom is 0.322 e. The molecule has 1 aliphatic heterocycles. The van der Waals surface area contributed by atoms with Crippen LogP contribution in [0.2, 0.25) is 0 Å². The van der Waals surface area contributed by atoms with Gasteiger partial charge in [0.05, 0.1) is 45.4 Å². The fraction of sp³-hybridized carbons (Fsp3) is 0.551. The van der Waals surface area contributed by atoms with Crippen molar-refractivity contribution in [2.45, 2.75) is 204 Å². The molecule has 15 amide bonds. The highest BCUT2D eigenvalue weighted by atomic mass is 16.4. The molecule has 0 unspecified atom stereocenters. The molecule has 43 nitrogen and oxygen atoms in total. The Morgan fingerprint density at radius 1 is 0.421 bits per heavy atom. The lowest BCUT2D eigenvalue weighted by Gasteiger charge is -2.31. The number of unbranched alkanes of at least 4 members (excludes halogenated alkanes) is 1. The molecule has 43 heteroatoms. The maximum absolute atomic E-state index is 15.1. The van der Waals surface area contributed by atoms with Gasteiger partial charge in [-0.3, -0.25) is 81.5 Å². The Kier molecular flexibility index (Phi) is 42.4. The highest BCUT2D eigenvalue weighted by molar-refractivity contribution is 6.01. The number of carboxylic acids is 2. The number of carbonyl (C=O) groups excluding carboxylic acids is 15. The number of aliphatic hydroxyl groups is 4. The number of hydrogen-bond donors (Lipinski definition) is 25. The minimum atomic E-state index is -2.03. The minimum Gasteiger partial charge on any atom is -0.508 e. The van der Waals surface area contributed by atoms with E-state index in [-0.39, 0.29) is 61.6 Å². The SMILES string of the molecule is CC[C@H](C)[C@H](NC(=O)[C@@H](NC(=O)[C@@H](N)CO)[C@@H](C)CC)C(=O)N[C@@H](CO)C(=O)NCC(=O)NCC(=O)N[C@@H](Cc1ccc(O)cc1)C(=O)N[C@H](C(=O)N[C@@H](Cc1ccc(O)cc1)C(=O)N[C@@H](Cc1ccc(O)cc1)C(=O)N1CCC[C@H]1C(=O)N[C@@H](CC(=O)O)C(=O)N[C@@H](CO)C(=O)N[C@H](C(=O)N[C@@H](CCCCN)C(=O)NCC(=O)O)C(C)C)[C@@H](C)O. The Bertz CT molecular complexity index is 4050. The van der Waals surface area contributed by atoms with Crippen molar-refractivity contribution in [2.75, 3.05) is 52.5 Å². The predicted octanol–water partition coefficient (Wildman–Crippen LogP) is -7.37. The molecule has 0 saturated carbocycles. The highest BCUT2D eigenvalue weighted by Crippen LogP contribution is 2.23. The van der Waals surface area contributed by atoms with Crippen molar-refractivity contribution in [3.8, 4) is 17.2 Å². The zero-order chi connectivity index (χ0) is 90.5. The average Bonchev–Trinajstić information content (AvgIpc) is 1.76. The molecule has 0 aliphatic carbocycles. The van der Waals surface area contributed by atoms with Crippen LogP contribution in [0.5, 0.6) is 17.2 Å². The number of nitrogens with one attached hydrogen (secondary N) is 14. The fourth-order valence-electron chi connectivity index (χ4n) is 12.4. The number of phenols is 3. The number of nitrogens with two attached hydrogens (primary N) is 2. The summed E-state index contributed by atoms with van der Waals surface area (Å²) < 4.78 is 0. The number of rotatable bonds is 51. The molecule has 4 rings (SSSR count). The van der Waals surface area contributed by atoms with Crippen LogP contribution < -0.4 is 85.9 Å². The van der Waals surface area contributed by atoms with Gasteiger partial charge in [0, 0.05) is 25.8 Å². The molecule has 0 aromatic heterocycles. The van der Waals surface area contributed by atoms with Crippen LogP contribution in [0.15, 0.2) is 72.8 Å². The second-order valence-electron chi connectivity index (χ2n) is 29.6. The van der Waals surface area contributed by atoms with Gasteiger partial charge in [0.15, 0.2) is 0 Å². The Morgan fingerprint density at radius 3 is 1.31 bits per heavy atom. The molecule has 1 saturated heterocycles. The lowest BCUT2D eigenvalue weighted by Crippen LogP contribution is -2.62. The van der Waals surface area contributed by atoms with Gasteiger partial charge in [0.1, 0.15) is 102 Å². The number of aliphatic hydroxyl groups excluding tert-OH is 4. The number of amides is 15. The second-order valence-corrected chi connectivity index (χ2v) is 29.6. The van der Waals surface area contributed by atoms with Gasteiger partial charge >= 0.3 is 11.9 Å². The molecule has 16 atom stereocenters. The topological polar surface area (TPSA) is 696 Å². The van der Waals surface area contributed by atoms with E-state index in [0.29, 0.717) is 36.8 Å². The van der Waals surface area contributed by atoms with E-state index in [1.54, 1.807) is 27.7 Å². The Labute approximate surface area is 696 Å². The summed E-state index contributed by atoms with van der Waals surface area (Å²) in [6.07, 6.45) is -2.74. The molecule has 1 heterocycles. The van der Waals surface area contributed by atoms with Crippen molar-refractivity contribution in [1.29, 1.82) is 0 Å². The second kappa shape index (κ2) is 50.7. The number of carboxylic acid groups (broad SMARTS) is 2. The molecule has 27 N–H and O–H groups in total. The zero-order valence-corrected chi connectivity index (χ0v) is 68.2. The zero-order valence-electron chi connectivity index (χ0n) is 68.2. The normalized spacial score (nSPS) is 16.1. The molecule has 1 aliphatic rings. The van der Waals surface area contributed by atoms with Crippen LogP contribution in [-0.4, -0.2) is 289 Å². The fourth-order valence-corrected chi connectivity index (χ4v) is 12.4. The Hall–Kier alpha value is -12.2. The molecule has 121 heavy (non-hydrogen) atoms. The van der Waals surface area contributed by atoms with Gasteiger partial charge < -0.3 is 137 Å². The number of aliphatic carboxylic acids is 2. The molecule has 0 spiro atoms. The van der Waals surface area contributed by atoms with Gasteiger partial charge in [0.2, 0.25) is 88.6 Å². The van der Waals surface area contributed by atoms with Crippen molar-refractivity contribution in [2.24, 2.45) is 29.2 Å². The van der Waals surface area contributed by atoms with Crippen LogP contribution in [-0.2, 0) is 101 Å². The summed E-state index contributed by atoms with van der Waals surface area (Å²) in [6.45, 7) is 5.44. The van der Waals surface area contributed by atoms with Crippen LogP contribution in [0, 0.1) is 17.8 Å². The smallest absolute Gasteiger partial charge is 0.322 e. The number of hydrogen-bond acceptors (Lipinski definition) is 26. The van der Waals surface area contributed by atoms with Gasteiger partial charge in [-0.2, -0.15) is 0 Å². The first kappa shape index (κ1) is 101. The standard InChI is InChI=1S/C78H115N17O26/c1-8-40(5)63(93-76(119)64(41(6)9-2)92-66(109)49(80)36-96)75(118)90-55(37-97)68(111)82-33-58(103)81-34-59(104)84-51(29-43-15-21-46(100)22-16-43)71(114)94-65(42(7)99)77(120)87-52(30-44-17-23-47(101)24-18-44)69(112)88-54(31-45-19-25-48(102)26-20-45)78(121)95-28-12-14-57(95)73(116)86-53(32-60(105)106)70(113)89-56(38-98)72(115)91-62(39(3)4)74(117)85-50(13-10-11-27-79)67(110)83-35-61(107)108/h15-26,39-42,49-57,62-65,96-102H,8-14,27-38,79-80H2,1-7H3,(H,81,103)(H,82,111)(H,83,110)(H,84,104)(H,85,117)(H,86,116)(H,87,120)(H,88,112)(H,89,113)(H,90,118)(H,91,115)(H,92,109)(H,93,119)(H,94,114)(H,105,106)(H,107,108)/t40-,41-,42+,49-,50-,51-,52-,53-,54-,55-,56-,57-,62-,63-,64-,65-/m0/s1. The highest BCUT2D eigenvalue weighted by Gasteiger charge is 2.43. The van der Waals surface area contributed by atoms with E-state index in [9.17, 15) is 113 Å². The van der Waals surface area contributed by atoms with Crippen molar-refractivity contribution >= 4 is 101 Å². The first-order valence-corrected chi connectivity index (χ1v) is 39.4. The number of phenolic OH excluding ortho intramolecular Hbond substituents is 3. The summed E-state index contributed by atoms with van der Waals surface area (Å²) in [4.78, 5) is 233. The van der Waals surface area contributed by atoms with E-state index >= 15 is 9.59 Å². The van der Waals surface area contributed by atoms with Crippen LogP contribution >= 0.6 is 0 Å². The van der Waals surface area contributed by atoms with E-state index in [2.05, 4.69) is 74.4 Å². The van der Waals surface area contributed by atoms with Gasteiger partial charge in [-0.1, -0.05) is 90.8 Å². The largest absolute Gasteiger partial charge is 0.508 e. The number of likely N-dealkylation sites (tertiary alicyclic amines) is 1. The number of benzene rings is 3. The Balaban J connectivity index is 1.56. The minimum absolute atomic E-state index is 0.0125. The molecular weight excluding hydrogens is 1590 g/mol. The van der Waals surface area contributed by atoms with Gasteiger partial charge in [-0.05, 0) is 116 Å². The third-order valence-corrected chi connectivity index (χ3v) is 19.8. The van der Waals surface area contributed by atoms with Crippen molar-refractivity contribution in [3.05, 3.63) is 89.5 Å². The average molecular weight is 1710 g/mol. The summed E-state index contributed by atoms with van der Waals surface area (Å²) in [7, 11) is 0. The van der Waals surface area contributed by atoms with Gasteiger partial charge in [-0.25, -0.2) is 0 Å².